The molecule has 0 radical (unpaired) electrons. The van der Waals surface area contributed by atoms with Gasteiger partial charge in [-0.15, -0.1) is 0 Å². The lowest BCUT2D eigenvalue weighted by molar-refractivity contribution is 0.292. The smallest absolute Gasteiger partial charge is 0.137 e. The molecule has 0 aliphatic heterocycles. The summed E-state index contributed by atoms with van der Waals surface area (Å²) in [5.74, 6) is 0. The Labute approximate surface area is 141 Å². The Balaban J connectivity index is 2.17. The van der Waals surface area contributed by atoms with Crippen LogP contribution in [0, 0.1) is 0 Å². The number of pyridine rings is 1. The van der Waals surface area contributed by atoms with Gasteiger partial charge in [-0.1, -0.05) is 37.6 Å². The topological polar surface area (TPSA) is 46.6 Å². The zero-order valence-electron chi connectivity index (χ0n) is 13.5. The minimum Gasteiger partial charge on any atom is -0.398 e. The van der Waals surface area contributed by atoms with Gasteiger partial charge in [0, 0.05) is 29.0 Å². The Bertz CT molecular complexity index is 804. The predicted octanol–water partition coefficient (Wildman–Crippen LogP) is 4.08. The predicted molar refractivity (Wildman–Crippen MR) is 96.7 cm³/mol. The maximum atomic E-state index is 6.02. The number of aromatic nitrogens is 2. The molecule has 0 saturated heterocycles. The van der Waals surface area contributed by atoms with Crippen LogP contribution in [0.1, 0.15) is 19.5 Å². The van der Waals surface area contributed by atoms with Gasteiger partial charge in [0.2, 0.25) is 0 Å². The molecule has 5 heteroatoms. The fourth-order valence-electron chi connectivity index (χ4n) is 2.76. The molecule has 0 fully saturated rings. The van der Waals surface area contributed by atoms with Gasteiger partial charge in [-0.3, -0.25) is 4.90 Å². The first-order valence-electron chi connectivity index (χ1n) is 7.87. The lowest BCUT2D eigenvalue weighted by atomic mass is 10.1. The highest BCUT2D eigenvalue weighted by Crippen LogP contribution is 2.27. The largest absolute Gasteiger partial charge is 0.398 e. The SMILES string of the molecule is CCN(CC)Cc1c(-c2ccc(Cl)cc2)nc2ccc(N)cn12. The van der Waals surface area contributed by atoms with E-state index in [1.165, 1.54) is 0 Å². The first-order valence-corrected chi connectivity index (χ1v) is 8.25. The van der Waals surface area contributed by atoms with E-state index in [9.17, 15) is 0 Å². The average molecular weight is 329 g/mol. The van der Waals surface area contributed by atoms with Gasteiger partial charge in [-0.05, 0) is 37.4 Å². The zero-order chi connectivity index (χ0) is 16.4. The number of halogens is 1. The molecule has 0 bridgehead atoms. The quantitative estimate of drug-likeness (QED) is 0.767. The summed E-state index contributed by atoms with van der Waals surface area (Å²) in [5, 5.41) is 0.729. The summed E-state index contributed by atoms with van der Waals surface area (Å²) in [6, 6.07) is 11.7. The highest BCUT2D eigenvalue weighted by molar-refractivity contribution is 6.30. The van der Waals surface area contributed by atoms with Crippen molar-refractivity contribution in [2.24, 2.45) is 0 Å². The fourth-order valence-corrected chi connectivity index (χ4v) is 2.88. The number of nitrogens with zero attached hydrogens (tertiary/aromatic N) is 3. The highest BCUT2D eigenvalue weighted by Gasteiger charge is 2.16. The second-order valence-electron chi connectivity index (χ2n) is 5.57. The molecule has 2 heterocycles. The Morgan fingerprint density at radius 3 is 2.43 bits per heavy atom. The van der Waals surface area contributed by atoms with Crippen LogP contribution in [0.2, 0.25) is 5.02 Å². The molecule has 0 aliphatic carbocycles. The molecule has 120 valence electrons. The van der Waals surface area contributed by atoms with Crippen molar-refractivity contribution in [1.82, 2.24) is 14.3 Å². The van der Waals surface area contributed by atoms with Crippen molar-refractivity contribution in [2.45, 2.75) is 20.4 Å². The van der Waals surface area contributed by atoms with Gasteiger partial charge in [0.15, 0.2) is 0 Å². The van der Waals surface area contributed by atoms with Crippen LogP contribution < -0.4 is 5.73 Å². The van der Waals surface area contributed by atoms with Crippen LogP contribution in [-0.4, -0.2) is 27.4 Å². The normalized spacial score (nSPS) is 11.5. The van der Waals surface area contributed by atoms with Crippen molar-refractivity contribution in [2.75, 3.05) is 18.8 Å². The molecule has 0 atom stereocenters. The van der Waals surface area contributed by atoms with E-state index in [1.807, 2.05) is 42.6 Å². The molecule has 0 amide bonds. The van der Waals surface area contributed by atoms with E-state index in [-0.39, 0.29) is 0 Å². The average Bonchev–Trinajstić information content (AvgIpc) is 2.91. The summed E-state index contributed by atoms with van der Waals surface area (Å²) in [6.07, 6.45) is 1.95. The summed E-state index contributed by atoms with van der Waals surface area (Å²) < 4.78 is 2.09. The van der Waals surface area contributed by atoms with E-state index >= 15 is 0 Å². The Hall–Kier alpha value is -2.04. The number of benzene rings is 1. The number of fused-ring (bicyclic) bond motifs is 1. The summed E-state index contributed by atoms with van der Waals surface area (Å²) in [5.41, 5.74) is 10.8. The van der Waals surface area contributed by atoms with E-state index in [0.29, 0.717) is 0 Å². The van der Waals surface area contributed by atoms with Crippen LogP contribution in [0.5, 0.6) is 0 Å². The third kappa shape index (κ3) is 3.19. The number of nitrogens with two attached hydrogens (primary N) is 1. The van der Waals surface area contributed by atoms with Crippen LogP contribution in [-0.2, 0) is 6.54 Å². The Morgan fingerprint density at radius 2 is 1.78 bits per heavy atom. The maximum Gasteiger partial charge on any atom is 0.137 e. The summed E-state index contributed by atoms with van der Waals surface area (Å²) >= 11 is 6.02. The van der Waals surface area contributed by atoms with Gasteiger partial charge < -0.3 is 10.1 Å². The second kappa shape index (κ2) is 6.60. The third-order valence-corrected chi connectivity index (χ3v) is 4.38. The standard InChI is InChI=1S/C18H21ClN4/c1-3-22(4-2)12-16-18(13-5-7-14(19)8-6-13)21-17-10-9-15(20)11-23(16)17/h5-11H,3-4,12,20H2,1-2H3. The number of nitrogen functional groups attached to an aromatic ring is 1. The number of hydrogen-bond acceptors (Lipinski definition) is 3. The van der Waals surface area contributed by atoms with E-state index in [4.69, 9.17) is 22.3 Å². The molecule has 0 spiro atoms. The first-order chi connectivity index (χ1) is 11.1. The van der Waals surface area contributed by atoms with E-state index in [2.05, 4.69) is 23.1 Å². The second-order valence-corrected chi connectivity index (χ2v) is 6.00. The van der Waals surface area contributed by atoms with Crippen molar-refractivity contribution >= 4 is 22.9 Å². The molecule has 4 nitrogen and oxygen atoms in total. The molecule has 2 N–H and O–H groups in total. The van der Waals surface area contributed by atoms with Gasteiger partial charge in [0.25, 0.3) is 0 Å². The number of imidazole rings is 1. The number of anilines is 1. The molecule has 2 aromatic heterocycles. The van der Waals surface area contributed by atoms with Crippen LogP contribution >= 0.6 is 11.6 Å². The van der Waals surface area contributed by atoms with Crippen molar-refractivity contribution in [3.63, 3.8) is 0 Å². The lowest BCUT2D eigenvalue weighted by Crippen LogP contribution is -2.23. The van der Waals surface area contributed by atoms with E-state index in [0.717, 1.165) is 52.9 Å². The minimum atomic E-state index is 0.729. The minimum absolute atomic E-state index is 0.729. The van der Waals surface area contributed by atoms with Crippen molar-refractivity contribution in [1.29, 1.82) is 0 Å². The maximum absolute atomic E-state index is 6.02. The molecular weight excluding hydrogens is 308 g/mol. The van der Waals surface area contributed by atoms with Gasteiger partial charge in [0.1, 0.15) is 5.65 Å². The monoisotopic (exact) mass is 328 g/mol. The van der Waals surface area contributed by atoms with E-state index < -0.39 is 0 Å². The van der Waals surface area contributed by atoms with Crippen molar-refractivity contribution in [3.8, 4) is 11.3 Å². The van der Waals surface area contributed by atoms with Crippen LogP contribution in [0.4, 0.5) is 5.69 Å². The van der Waals surface area contributed by atoms with Gasteiger partial charge in [0.05, 0.1) is 11.4 Å². The summed E-state index contributed by atoms with van der Waals surface area (Å²) in [6.45, 7) is 7.15. The van der Waals surface area contributed by atoms with E-state index in [1.54, 1.807) is 0 Å². The summed E-state index contributed by atoms with van der Waals surface area (Å²) in [7, 11) is 0. The molecule has 0 aliphatic rings. The summed E-state index contributed by atoms with van der Waals surface area (Å²) in [4.78, 5) is 7.18. The van der Waals surface area contributed by atoms with Crippen molar-refractivity contribution in [3.05, 3.63) is 53.3 Å². The van der Waals surface area contributed by atoms with Crippen LogP contribution in [0.25, 0.3) is 16.9 Å². The number of hydrogen-bond donors (Lipinski definition) is 1. The molecule has 0 unspecified atom stereocenters. The molecule has 0 saturated carbocycles. The molecule has 1 aromatic carbocycles. The lowest BCUT2D eigenvalue weighted by Gasteiger charge is -2.18. The highest BCUT2D eigenvalue weighted by atomic mass is 35.5. The molecule has 23 heavy (non-hydrogen) atoms. The third-order valence-electron chi connectivity index (χ3n) is 4.13. The zero-order valence-corrected chi connectivity index (χ0v) is 14.2. The van der Waals surface area contributed by atoms with Gasteiger partial charge in [-0.2, -0.15) is 0 Å². The fraction of sp³-hybridized carbons (Fsp3) is 0.278. The first kappa shape index (κ1) is 15.8. The molecule has 3 rings (SSSR count). The molecule has 3 aromatic rings. The Morgan fingerprint density at radius 1 is 1.09 bits per heavy atom. The van der Waals surface area contributed by atoms with Crippen LogP contribution in [0.3, 0.4) is 0 Å². The Kier molecular flexibility index (Phi) is 4.55. The van der Waals surface area contributed by atoms with Crippen LogP contribution in [0.15, 0.2) is 42.6 Å². The van der Waals surface area contributed by atoms with Gasteiger partial charge in [-0.25, -0.2) is 4.98 Å². The van der Waals surface area contributed by atoms with Gasteiger partial charge >= 0.3 is 0 Å². The van der Waals surface area contributed by atoms with Crippen molar-refractivity contribution < 1.29 is 0 Å². The molecular formula is C18H21ClN4. The number of rotatable bonds is 5.